The monoisotopic (exact) mass is 334 g/mol. The van der Waals surface area contributed by atoms with E-state index in [1.165, 1.54) is 5.69 Å². The number of benzene rings is 1. The molecule has 1 N–H and O–H groups in total. The van der Waals surface area contributed by atoms with Gasteiger partial charge in [0.05, 0.1) is 11.6 Å². The summed E-state index contributed by atoms with van der Waals surface area (Å²) in [7, 11) is 2.14. The molecule has 2 aliphatic rings. The van der Waals surface area contributed by atoms with Crippen molar-refractivity contribution in [3.05, 3.63) is 24.3 Å². The number of rotatable bonds is 4. The predicted octanol–water partition coefficient (Wildman–Crippen LogP) is 0.910. The van der Waals surface area contributed by atoms with Gasteiger partial charge >= 0.3 is 0 Å². The summed E-state index contributed by atoms with van der Waals surface area (Å²) in [6, 6.07) is 7.92. The smallest absolute Gasteiger partial charge is 0.244 e. The number of hydrogen-bond donors (Lipinski definition) is 1. The van der Waals surface area contributed by atoms with Crippen LogP contribution in [0.1, 0.15) is 0 Å². The molecule has 0 aliphatic carbocycles. The Labute approximate surface area is 140 Å². The molecule has 0 saturated carbocycles. The number of carbonyl (C=O) groups excluding carboxylic acids is 2. The number of thioether (sulfide) groups is 1. The Bertz CT molecular complexity index is 570. The average Bonchev–Trinajstić information content (AvgIpc) is 2.94. The molecule has 3 rings (SSSR count). The fourth-order valence-electron chi connectivity index (χ4n) is 2.73. The minimum absolute atomic E-state index is 0.0376. The number of carbonyl (C=O) groups is 2. The van der Waals surface area contributed by atoms with Crippen LogP contribution in [-0.4, -0.2) is 73.0 Å². The van der Waals surface area contributed by atoms with Crippen LogP contribution in [0.2, 0.25) is 0 Å². The Balaban J connectivity index is 1.53. The molecule has 124 valence electrons. The van der Waals surface area contributed by atoms with Crippen LogP contribution in [0.5, 0.6) is 0 Å². The summed E-state index contributed by atoms with van der Waals surface area (Å²) in [5, 5.41) is 2.86. The maximum atomic E-state index is 12.0. The third kappa shape index (κ3) is 4.17. The van der Waals surface area contributed by atoms with E-state index in [0.717, 1.165) is 31.9 Å². The first-order valence-electron chi connectivity index (χ1n) is 7.81. The highest BCUT2D eigenvalue weighted by Crippen LogP contribution is 2.20. The minimum Gasteiger partial charge on any atom is -0.369 e. The zero-order valence-electron chi connectivity index (χ0n) is 13.3. The second-order valence-corrected chi connectivity index (χ2v) is 6.91. The Kier molecular flexibility index (Phi) is 5.07. The predicted molar refractivity (Wildman–Crippen MR) is 93.8 cm³/mol. The average molecular weight is 334 g/mol. The van der Waals surface area contributed by atoms with Crippen LogP contribution in [0.25, 0.3) is 0 Å². The molecular weight excluding hydrogens is 312 g/mol. The van der Waals surface area contributed by atoms with Crippen molar-refractivity contribution in [2.75, 3.05) is 61.6 Å². The number of anilines is 2. The molecule has 7 heteroatoms. The zero-order chi connectivity index (χ0) is 16.2. The molecule has 2 fully saturated rings. The van der Waals surface area contributed by atoms with Crippen LogP contribution in [0, 0.1) is 0 Å². The van der Waals surface area contributed by atoms with Crippen molar-refractivity contribution >= 4 is 35.0 Å². The van der Waals surface area contributed by atoms with Gasteiger partial charge in [-0.1, -0.05) is 0 Å². The van der Waals surface area contributed by atoms with Crippen LogP contribution in [0.4, 0.5) is 11.4 Å². The quantitative estimate of drug-likeness (QED) is 0.887. The first-order chi connectivity index (χ1) is 11.1. The molecule has 23 heavy (non-hydrogen) atoms. The molecule has 1 aromatic rings. The fraction of sp³-hybridized carbons (Fsp3) is 0.500. The van der Waals surface area contributed by atoms with Crippen LogP contribution in [-0.2, 0) is 9.59 Å². The van der Waals surface area contributed by atoms with Gasteiger partial charge in [0.2, 0.25) is 11.8 Å². The standard InChI is InChI=1S/C16H22N4O2S/c1-18-6-8-19(9-7-18)14-4-2-13(3-5-14)17-15(21)10-20-12-23-11-16(20)22/h2-5H,6-12H2,1H3,(H,17,21). The SMILES string of the molecule is CN1CCN(c2ccc(NC(=O)CN3CSCC3=O)cc2)CC1. The van der Waals surface area contributed by atoms with Crippen molar-refractivity contribution in [3.63, 3.8) is 0 Å². The Morgan fingerprint density at radius 2 is 1.87 bits per heavy atom. The minimum atomic E-state index is -0.145. The molecule has 2 saturated heterocycles. The lowest BCUT2D eigenvalue weighted by atomic mass is 10.2. The van der Waals surface area contributed by atoms with E-state index < -0.39 is 0 Å². The van der Waals surface area contributed by atoms with Crippen LogP contribution >= 0.6 is 11.8 Å². The third-order valence-corrected chi connectivity index (χ3v) is 5.12. The van der Waals surface area contributed by atoms with Crippen molar-refractivity contribution < 1.29 is 9.59 Å². The number of nitrogens with zero attached hydrogens (tertiary/aromatic N) is 3. The van der Waals surface area contributed by atoms with Crippen LogP contribution in [0.3, 0.4) is 0 Å². The van der Waals surface area contributed by atoms with E-state index in [2.05, 4.69) is 22.2 Å². The maximum Gasteiger partial charge on any atom is 0.244 e. The van der Waals surface area contributed by atoms with Gasteiger partial charge in [0.25, 0.3) is 0 Å². The highest BCUT2D eigenvalue weighted by atomic mass is 32.2. The molecule has 1 aromatic carbocycles. The summed E-state index contributed by atoms with van der Waals surface area (Å²) in [5.74, 6) is 0.977. The van der Waals surface area contributed by atoms with Crippen molar-refractivity contribution in [1.29, 1.82) is 0 Å². The Hall–Kier alpha value is -1.73. The molecule has 0 spiro atoms. The van der Waals surface area contributed by atoms with Gasteiger partial charge in [-0.3, -0.25) is 9.59 Å². The second kappa shape index (κ2) is 7.23. The molecule has 0 radical (unpaired) electrons. The zero-order valence-corrected chi connectivity index (χ0v) is 14.1. The fourth-order valence-corrected chi connectivity index (χ4v) is 3.64. The Morgan fingerprint density at radius 3 is 2.48 bits per heavy atom. The van der Waals surface area contributed by atoms with E-state index in [1.54, 1.807) is 16.7 Å². The van der Waals surface area contributed by atoms with E-state index >= 15 is 0 Å². The molecule has 0 bridgehead atoms. The summed E-state index contributed by atoms with van der Waals surface area (Å²) in [5.41, 5.74) is 1.95. The summed E-state index contributed by atoms with van der Waals surface area (Å²) >= 11 is 1.54. The molecule has 0 unspecified atom stereocenters. The summed E-state index contributed by atoms with van der Waals surface area (Å²) in [6.45, 7) is 4.32. The molecular formula is C16H22N4O2S. The lowest BCUT2D eigenvalue weighted by Crippen LogP contribution is -2.44. The highest BCUT2D eigenvalue weighted by Gasteiger charge is 2.22. The van der Waals surface area contributed by atoms with Crippen molar-refractivity contribution in [2.24, 2.45) is 0 Å². The molecule has 0 aromatic heterocycles. The van der Waals surface area contributed by atoms with Gasteiger partial charge in [0.1, 0.15) is 6.54 Å². The first kappa shape index (κ1) is 16.1. The van der Waals surface area contributed by atoms with Gasteiger partial charge in [-0.25, -0.2) is 0 Å². The van der Waals surface area contributed by atoms with Crippen LogP contribution < -0.4 is 10.2 Å². The van der Waals surface area contributed by atoms with E-state index in [1.807, 2.05) is 24.3 Å². The molecule has 6 nitrogen and oxygen atoms in total. The largest absolute Gasteiger partial charge is 0.369 e. The van der Waals surface area contributed by atoms with Gasteiger partial charge < -0.3 is 20.0 Å². The van der Waals surface area contributed by atoms with Crippen molar-refractivity contribution in [2.45, 2.75) is 0 Å². The number of piperazine rings is 1. The van der Waals surface area contributed by atoms with Gasteiger partial charge in [0.15, 0.2) is 0 Å². The Morgan fingerprint density at radius 1 is 1.17 bits per heavy atom. The van der Waals surface area contributed by atoms with E-state index in [9.17, 15) is 9.59 Å². The highest BCUT2D eigenvalue weighted by molar-refractivity contribution is 8.00. The molecule has 2 amide bonds. The van der Waals surface area contributed by atoms with E-state index in [-0.39, 0.29) is 18.4 Å². The number of nitrogens with one attached hydrogen (secondary N) is 1. The molecule has 2 heterocycles. The van der Waals surface area contributed by atoms with Gasteiger partial charge in [-0.15, -0.1) is 11.8 Å². The van der Waals surface area contributed by atoms with E-state index in [4.69, 9.17) is 0 Å². The summed E-state index contributed by atoms with van der Waals surface area (Å²) < 4.78 is 0. The number of hydrogen-bond acceptors (Lipinski definition) is 5. The summed E-state index contributed by atoms with van der Waals surface area (Å²) in [4.78, 5) is 29.8. The maximum absolute atomic E-state index is 12.0. The van der Waals surface area contributed by atoms with Gasteiger partial charge in [-0.05, 0) is 31.3 Å². The van der Waals surface area contributed by atoms with Gasteiger partial charge in [-0.2, -0.15) is 0 Å². The first-order valence-corrected chi connectivity index (χ1v) is 8.96. The number of amides is 2. The number of likely N-dealkylation sites (N-methyl/N-ethyl adjacent to an activating group) is 1. The molecule has 0 atom stereocenters. The van der Waals surface area contributed by atoms with Crippen molar-refractivity contribution in [1.82, 2.24) is 9.80 Å². The molecule has 2 aliphatic heterocycles. The summed E-state index contributed by atoms with van der Waals surface area (Å²) in [6.07, 6.45) is 0. The lowest BCUT2D eigenvalue weighted by molar-refractivity contribution is -0.130. The normalized spacial score (nSPS) is 19.3. The van der Waals surface area contributed by atoms with Gasteiger partial charge in [0, 0.05) is 37.6 Å². The van der Waals surface area contributed by atoms with Crippen LogP contribution in [0.15, 0.2) is 24.3 Å². The van der Waals surface area contributed by atoms with E-state index in [0.29, 0.717) is 11.6 Å². The third-order valence-electron chi connectivity index (χ3n) is 4.18. The lowest BCUT2D eigenvalue weighted by Gasteiger charge is -2.34. The second-order valence-electron chi connectivity index (χ2n) is 5.95. The van der Waals surface area contributed by atoms with Crippen molar-refractivity contribution in [3.8, 4) is 0 Å². The topological polar surface area (TPSA) is 55.9 Å².